The van der Waals surface area contributed by atoms with Gasteiger partial charge in [0, 0.05) is 43.5 Å². The second-order valence-electron chi connectivity index (χ2n) is 5.38. The zero-order valence-corrected chi connectivity index (χ0v) is 19.5. The number of fused-ring (bicyclic) bond motifs is 2. The van der Waals surface area contributed by atoms with Crippen molar-refractivity contribution in [3.05, 3.63) is 79.0 Å². The summed E-state index contributed by atoms with van der Waals surface area (Å²) >= 11 is 5.76. The van der Waals surface area contributed by atoms with Crippen LogP contribution in [-0.2, 0) is 32.7 Å². The van der Waals surface area contributed by atoms with E-state index in [1.807, 2.05) is 48.5 Å². The van der Waals surface area contributed by atoms with Gasteiger partial charge in [0.25, 0.3) is 0 Å². The summed E-state index contributed by atoms with van der Waals surface area (Å²) in [7, 11) is 3.27. The Kier molecular flexibility index (Phi) is 11.7. The molecule has 0 aliphatic rings. The summed E-state index contributed by atoms with van der Waals surface area (Å²) in [4.78, 5) is 8.24. The van der Waals surface area contributed by atoms with Crippen molar-refractivity contribution in [2.24, 2.45) is 0 Å². The molecule has 0 aliphatic heterocycles. The molecule has 0 amide bonds. The van der Waals surface area contributed by atoms with Crippen LogP contribution in [0, 0.1) is 7.43 Å². The van der Waals surface area contributed by atoms with E-state index in [-0.39, 0.29) is 53.4 Å². The molecule has 0 fully saturated rings. The molecule has 151 valence electrons. The average Bonchev–Trinajstić information content (AvgIpc) is 2.67. The quantitative estimate of drug-likeness (QED) is 0.228. The number of pyridine rings is 2. The Morgan fingerprint density at radius 2 is 1.24 bits per heavy atom. The van der Waals surface area contributed by atoms with Gasteiger partial charge in [-0.2, -0.15) is 0 Å². The Morgan fingerprint density at radius 1 is 0.759 bits per heavy atom. The van der Waals surface area contributed by atoms with Gasteiger partial charge in [-0.1, -0.05) is 55.2 Å². The third-order valence-electron chi connectivity index (χ3n) is 3.79. The number of aromatic nitrogens is 2. The van der Waals surface area contributed by atoms with Crippen molar-refractivity contribution in [1.29, 1.82) is 0 Å². The molecule has 29 heavy (non-hydrogen) atoms. The molecule has 4 aromatic rings. The summed E-state index contributed by atoms with van der Waals surface area (Å²) in [5.74, 6) is 1.90. The Bertz CT molecular complexity index is 975. The number of halogens is 1. The number of rotatable bonds is 2. The Balaban J connectivity index is 0.000000490. The van der Waals surface area contributed by atoms with E-state index in [1.54, 1.807) is 26.4 Å². The zero-order valence-electron chi connectivity index (χ0n) is 15.9. The number of hydrogen-bond acceptors (Lipinski definition) is 4. The maximum Gasteiger partial charge on any atom is 0.129 e. The normalized spacial score (nSPS) is 9.21. The molecule has 7 heteroatoms. The molecule has 0 saturated carbocycles. The van der Waals surface area contributed by atoms with E-state index in [1.165, 1.54) is 0 Å². The van der Waals surface area contributed by atoms with Crippen LogP contribution < -0.4 is 9.47 Å². The first-order valence-electron chi connectivity index (χ1n) is 7.87. The number of benzene rings is 2. The van der Waals surface area contributed by atoms with Gasteiger partial charge < -0.3 is 27.6 Å². The van der Waals surface area contributed by atoms with Crippen LogP contribution in [0.2, 0.25) is 5.15 Å². The van der Waals surface area contributed by atoms with Crippen molar-refractivity contribution in [1.82, 2.24) is 9.97 Å². The maximum atomic E-state index is 7.35. The smallest absolute Gasteiger partial charge is 0.129 e. The van der Waals surface area contributed by atoms with Crippen molar-refractivity contribution in [2.75, 3.05) is 14.2 Å². The fourth-order valence-corrected chi connectivity index (χ4v) is 2.74. The number of nitrogens with zero attached hydrogens (tertiary/aromatic N) is 2. The third-order valence-corrected chi connectivity index (χ3v) is 4.00. The van der Waals surface area contributed by atoms with Gasteiger partial charge in [-0.3, -0.25) is 0 Å². The molecule has 0 bridgehead atoms. The molecule has 2 aromatic carbocycles. The number of nitrogens with one attached hydrogen (secondary N) is 1. The minimum absolute atomic E-state index is 0. The molecule has 5 nitrogen and oxygen atoms in total. The molecule has 4 rings (SSSR count). The van der Waals surface area contributed by atoms with Gasteiger partial charge in [-0.25, -0.2) is 4.98 Å². The molecule has 2 heterocycles. The van der Waals surface area contributed by atoms with Crippen LogP contribution in [0.5, 0.6) is 11.5 Å². The van der Waals surface area contributed by atoms with Crippen molar-refractivity contribution in [3.63, 3.8) is 0 Å². The van der Waals surface area contributed by atoms with Crippen LogP contribution in [-0.4, -0.2) is 24.2 Å². The predicted molar refractivity (Wildman–Crippen MR) is 119 cm³/mol. The fraction of sp³-hybridized carbons (Fsp3) is 0.136. The first-order valence-corrected chi connectivity index (χ1v) is 8.25. The molecule has 0 saturated heterocycles. The molecule has 0 aliphatic carbocycles. The van der Waals surface area contributed by atoms with Crippen LogP contribution in [0.25, 0.3) is 27.5 Å². The fourth-order valence-electron chi connectivity index (χ4n) is 2.58. The zero-order chi connectivity index (χ0) is 18.5. The van der Waals surface area contributed by atoms with Gasteiger partial charge in [0.1, 0.15) is 16.7 Å². The second-order valence-corrected chi connectivity index (χ2v) is 5.77. The average molecular weight is 487 g/mol. The Labute approximate surface area is 202 Å². The predicted octanol–water partition coefficient (Wildman–Crippen LogP) is 6.91. The number of ether oxygens (including phenoxy) is 2. The van der Waals surface area contributed by atoms with Gasteiger partial charge in [0.05, 0.1) is 19.7 Å². The number of hydrogen-bond donors (Lipinski definition) is 0. The van der Waals surface area contributed by atoms with Crippen molar-refractivity contribution >= 4 is 39.2 Å². The summed E-state index contributed by atoms with van der Waals surface area (Å²) in [6, 6.07) is 18.5. The van der Waals surface area contributed by atoms with Crippen molar-refractivity contribution < 1.29 is 42.2 Å². The molecule has 0 spiro atoms. The summed E-state index contributed by atoms with van der Waals surface area (Å²) in [6.07, 6.45) is 0. The summed E-state index contributed by atoms with van der Waals surface area (Å²) in [5.41, 5.74) is 9.00. The first kappa shape index (κ1) is 27.1. The summed E-state index contributed by atoms with van der Waals surface area (Å²) in [5, 5.41) is 2.43. The number of methoxy groups -OCH3 is 2. The standard InChI is InChI=1S/C10H8ClNO.C10H9N2O.CH4.CH3.Y/c2*1-13-9-4-2-3-8-7(9)5-6-10(11)12-8;;;/h2-6H,1H3;2-6H,1H3,(H-,11,12);1H4;1H3;/q;-1;;-1;. The molecule has 0 atom stereocenters. The van der Waals surface area contributed by atoms with E-state index in [9.17, 15) is 0 Å². The maximum absolute atomic E-state index is 7.35. The summed E-state index contributed by atoms with van der Waals surface area (Å²) in [6.45, 7) is 0. The molecular weight excluding hydrogens is 463 g/mol. The van der Waals surface area contributed by atoms with Gasteiger partial charge in [0.2, 0.25) is 0 Å². The van der Waals surface area contributed by atoms with Gasteiger partial charge in [0.15, 0.2) is 0 Å². The molecule has 0 unspecified atom stereocenters. The Morgan fingerprint density at radius 3 is 1.76 bits per heavy atom. The third kappa shape index (κ3) is 6.53. The van der Waals surface area contributed by atoms with Crippen LogP contribution in [0.3, 0.4) is 0 Å². The topological polar surface area (TPSA) is 68.0 Å². The van der Waals surface area contributed by atoms with E-state index in [2.05, 4.69) is 9.97 Å². The van der Waals surface area contributed by atoms with Crippen LogP contribution in [0.1, 0.15) is 7.43 Å². The monoisotopic (exact) mass is 486 g/mol. The van der Waals surface area contributed by atoms with E-state index >= 15 is 0 Å². The van der Waals surface area contributed by atoms with Crippen molar-refractivity contribution in [2.45, 2.75) is 7.43 Å². The molecule has 2 aromatic heterocycles. The second kappa shape index (κ2) is 12.6. The minimum Gasteiger partial charge on any atom is -0.496 e. The SMILES string of the molecule is C.COc1cccc2nc(Cl)ccc12.COc1cccc2nc([NH-])ccc12.[CH3-].[Y]. The van der Waals surface area contributed by atoms with Crippen LogP contribution in [0.4, 0.5) is 5.82 Å². The molecule has 1 radical (unpaired) electrons. The van der Waals surface area contributed by atoms with E-state index in [4.69, 9.17) is 26.8 Å². The van der Waals surface area contributed by atoms with Gasteiger partial charge in [-0.15, -0.1) is 0 Å². The first-order chi connectivity index (χ1) is 12.6. The van der Waals surface area contributed by atoms with E-state index in [0.717, 1.165) is 33.3 Å². The van der Waals surface area contributed by atoms with Crippen LogP contribution in [0.15, 0.2) is 60.7 Å². The van der Waals surface area contributed by atoms with Crippen molar-refractivity contribution in [3.8, 4) is 11.5 Å². The Hall–Kier alpha value is -1.95. The largest absolute Gasteiger partial charge is 0.496 e. The minimum atomic E-state index is 0. The summed E-state index contributed by atoms with van der Waals surface area (Å²) < 4.78 is 10.4. The van der Waals surface area contributed by atoms with Gasteiger partial charge in [-0.05, 0) is 35.8 Å². The molecule has 1 N–H and O–H groups in total. The van der Waals surface area contributed by atoms with Crippen LogP contribution >= 0.6 is 11.6 Å². The van der Waals surface area contributed by atoms with Gasteiger partial charge >= 0.3 is 0 Å². The molecular formula is C22H24ClN3O2Y-2. The van der Waals surface area contributed by atoms with E-state index < -0.39 is 0 Å². The van der Waals surface area contributed by atoms with E-state index in [0.29, 0.717) is 5.15 Å².